The summed E-state index contributed by atoms with van der Waals surface area (Å²) in [5.41, 5.74) is 2.97. The van der Waals surface area contributed by atoms with E-state index >= 15 is 0 Å². The van der Waals surface area contributed by atoms with Gasteiger partial charge in [0.1, 0.15) is 5.82 Å². The predicted octanol–water partition coefficient (Wildman–Crippen LogP) is 2.91. The van der Waals surface area contributed by atoms with Crippen molar-refractivity contribution in [1.82, 2.24) is 15.1 Å². The third-order valence-corrected chi connectivity index (χ3v) is 4.22. The van der Waals surface area contributed by atoms with Gasteiger partial charge in [-0.05, 0) is 57.0 Å². The topological polar surface area (TPSA) is 59.0 Å². The van der Waals surface area contributed by atoms with Crippen molar-refractivity contribution in [3.8, 4) is 0 Å². The smallest absolute Gasteiger partial charge is 0.257 e. The molecule has 23 heavy (non-hydrogen) atoms. The molecule has 0 aliphatic heterocycles. The summed E-state index contributed by atoms with van der Waals surface area (Å²) in [5, 5.41) is 10.9. The minimum atomic E-state index is -0.209. The molecule has 6 heteroatoms. The SMILES string of the molecule is CCn1nc2c(c1NC(=S)NC(=O)c1ccccc1)CCCC2. The number of thiocarbonyl (C=S) groups is 1. The number of carbonyl (C=O) groups excluding carboxylic acids is 1. The lowest BCUT2D eigenvalue weighted by molar-refractivity contribution is 0.0977. The lowest BCUT2D eigenvalue weighted by atomic mass is 9.97. The molecule has 120 valence electrons. The number of benzene rings is 1. The maximum atomic E-state index is 12.2. The first-order valence-electron chi connectivity index (χ1n) is 7.95. The van der Waals surface area contributed by atoms with Gasteiger partial charge in [-0.15, -0.1) is 0 Å². The van der Waals surface area contributed by atoms with Gasteiger partial charge >= 0.3 is 0 Å². The summed E-state index contributed by atoms with van der Waals surface area (Å²) in [6.45, 7) is 2.82. The van der Waals surface area contributed by atoms with Gasteiger partial charge < -0.3 is 5.32 Å². The van der Waals surface area contributed by atoms with Gasteiger partial charge in [0.2, 0.25) is 0 Å². The number of hydrogen-bond donors (Lipinski definition) is 2. The van der Waals surface area contributed by atoms with E-state index < -0.39 is 0 Å². The van der Waals surface area contributed by atoms with Crippen LogP contribution in [-0.2, 0) is 19.4 Å². The van der Waals surface area contributed by atoms with Crippen LogP contribution in [0.5, 0.6) is 0 Å². The van der Waals surface area contributed by atoms with E-state index in [0.717, 1.165) is 30.9 Å². The van der Waals surface area contributed by atoms with Gasteiger partial charge in [-0.2, -0.15) is 5.10 Å². The van der Waals surface area contributed by atoms with E-state index in [1.54, 1.807) is 12.1 Å². The normalized spacial score (nSPS) is 13.3. The van der Waals surface area contributed by atoms with Gasteiger partial charge in [-0.25, -0.2) is 4.68 Å². The van der Waals surface area contributed by atoms with Crippen LogP contribution in [0.2, 0.25) is 0 Å². The Kier molecular flexibility index (Phi) is 4.71. The van der Waals surface area contributed by atoms with E-state index in [2.05, 4.69) is 22.7 Å². The van der Waals surface area contributed by atoms with Gasteiger partial charge in [0.15, 0.2) is 5.11 Å². The second-order valence-electron chi connectivity index (χ2n) is 5.57. The zero-order valence-electron chi connectivity index (χ0n) is 13.1. The molecule has 1 aromatic heterocycles. The maximum absolute atomic E-state index is 12.2. The highest BCUT2D eigenvalue weighted by molar-refractivity contribution is 7.80. The molecule has 0 fully saturated rings. The van der Waals surface area contributed by atoms with Crippen LogP contribution in [0.3, 0.4) is 0 Å². The Morgan fingerprint density at radius 2 is 2.00 bits per heavy atom. The van der Waals surface area contributed by atoms with E-state index in [0.29, 0.717) is 10.7 Å². The van der Waals surface area contributed by atoms with E-state index in [9.17, 15) is 4.79 Å². The third-order valence-electron chi connectivity index (χ3n) is 4.02. The number of amides is 1. The fourth-order valence-corrected chi connectivity index (χ4v) is 3.07. The van der Waals surface area contributed by atoms with Crippen molar-refractivity contribution in [2.75, 3.05) is 5.32 Å². The van der Waals surface area contributed by atoms with Crippen molar-refractivity contribution < 1.29 is 4.79 Å². The summed E-state index contributed by atoms with van der Waals surface area (Å²) in [6.07, 6.45) is 4.37. The van der Waals surface area contributed by atoms with Gasteiger partial charge in [0.25, 0.3) is 5.91 Å². The summed E-state index contributed by atoms with van der Waals surface area (Å²) in [4.78, 5) is 12.2. The molecule has 0 atom stereocenters. The summed E-state index contributed by atoms with van der Waals surface area (Å²) in [6, 6.07) is 9.05. The highest BCUT2D eigenvalue weighted by Gasteiger charge is 2.21. The van der Waals surface area contributed by atoms with Gasteiger partial charge in [0, 0.05) is 17.7 Å². The molecule has 3 rings (SSSR count). The fourth-order valence-electron chi connectivity index (χ4n) is 2.88. The van der Waals surface area contributed by atoms with Crippen molar-refractivity contribution in [2.24, 2.45) is 0 Å². The number of nitrogens with one attached hydrogen (secondary N) is 2. The highest BCUT2D eigenvalue weighted by Crippen LogP contribution is 2.27. The second-order valence-corrected chi connectivity index (χ2v) is 5.98. The zero-order chi connectivity index (χ0) is 16.2. The summed E-state index contributed by atoms with van der Waals surface area (Å²) in [5.74, 6) is 0.708. The van der Waals surface area contributed by atoms with Crippen LogP contribution < -0.4 is 10.6 Å². The molecule has 1 aliphatic rings. The third kappa shape index (κ3) is 3.42. The van der Waals surface area contributed by atoms with Crippen molar-refractivity contribution in [3.63, 3.8) is 0 Å². The first-order valence-corrected chi connectivity index (χ1v) is 8.35. The number of aryl methyl sites for hydroxylation is 2. The number of hydrogen-bond acceptors (Lipinski definition) is 3. The van der Waals surface area contributed by atoms with Crippen molar-refractivity contribution in [2.45, 2.75) is 39.2 Å². The Bertz CT molecular complexity index is 724. The molecule has 0 saturated carbocycles. The summed E-state index contributed by atoms with van der Waals surface area (Å²) >= 11 is 5.31. The maximum Gasteiger partial charge on any atom is 0.257 e. The molecule has 0 radical (unpaired) electrons. The molecular weight excluding hydrogens is 308 g/mol. The minimum Gasteiger partial charge on any atom is -0.317 e. The first-order chi connectivity index (χ1) is 11.2. The number of fused-ring (bicyclic) bond motifs is 1. The van der Waals surface area contributed by atoms with Crippen LogP contribution in [0.4, 0.5) is 5.82 Å². The Morgan fingerprint density at radius 3 is 2.74 bits per heavy atom. The van der Waals surface area contributed by atoms with E-state index in [1.165, 1.54) is 18.4 Å². The lowest BCUT2D eigenvalue weighted by Crippen LogP contribution is -2.35. The molecule has 0 spiro atoms. The van der Waals surface area contributed by atoms with Gasteiger partial charge in [0.05, 0.1) is 5.69 Å². The molecule has 1 aromatic carbocycles. The first kappa shape index (κ1) is 15.7. The average molecular weight is 328 g/mol. The van der Waals surface area contributed by atoms with Crippen LogP contribution in [-0.4, -0.2) is 20.8 Å². The molecule has 0 unspecified atom stereocenters. The minimum absolute atomic E-state index is 0.209. The number of aromatic nitrogens is 2. The molecule has 0 bridgehead atoms. The molecule has 2 N–H and O–H groups in total. The van der Waals surface area contributed by atoms with E-state index in [1.807, 2.05) is 22.9 Å². The largest absolute Gasteiger partial charge is 0.317 e. The zero-order valence-corrected chi connectivity index (χ0v) is 13.9. The molecule has 1 aliphatic carbocycles. The van der Waals surface area contributed by atoms with Crippen LogP contribution >= 0.6 is 12.2 Å². The van der Waals surface area contributed by atoms with Crippen LogP contribution in [0.15, 0.2) is 30.3 Å². The number of anilines is 1. The molecular formula is C17H20N4OS. The van der Waals surface area contributed by atoms with Crippen LogP contribution in [0.25, 0.3) is 0 Å². The van der Waals surface area contributed by atoms with Crippen molar-refractivity contribution in [3.05, 3.63) is 47.2 Å². The highest BCUT2D eigenvalue weighted by atomic mass is 32.1. The second kappa shape index (κ2) is 6.91. The quantitative estimate of drug-likeness (QED) is 0.851. The molecule has 1 amide bonds. The molecule has 5 nitrogen and oxygen atoms in total. The fraction of sp³-hybridized carbons (Fsp3) is 0.353. The Morgan fingerprint density at radius 1 is 1.26 bits per heavy atom. The van der Waals surface area contributed by atoms with E-state index in [4.69, 9.17) is 12.2 Å². The molecule has 0 saturated heterocycles. The Hall–Kier alpha value is -2.21. The van der Waals surface area contributed by atoms with Crippen LogP contribution in [0, 0.1) is 0 Å². The number of nitrogens with zero attached hydrogens (tertiary/aromatic N) is 2. The number of rotatable bonds is 3. The predicted molar refractivity (Wildman–Crippen MR) is 94.7 cm³/mol. The van der Waals surface area contributed by atoms with Crippen molar-refractivity contribution >= 4 is 29.1 Å². The molecule has 1 heterocycles. The van der Waals surface area contributed by atoms with Crippen LogP contribution in [0.1, 0.15) is 41.4 Å². The van der Waals surface area contributed by atoms with Gasteiger partial charge in [-0.3, -0.25) is 10.1 Å². The van der Waals surface area contributed by atoms with Crippen molar-refractivity contribution in [1.29, 1.82) is 0 Å². The number of carbonyl (C=O) groups is 1. The Balaban J connectivity index is 1.73. The Labute approximate surface area is 141 Å². The lowest BCUT2D eigenvalue weighted by Gasteiger charge is -2.14. The van der Waals surface area contributed by atoms with E-state index in [-0.39, 0.29) is 5.91 Å². The monoisotopic (exact) mass is 328 g/mol. The summed E-state index contributed by atoms with van der Waals surface area (Å²) in [7, 11) is 0. The molecule has 2 aromatic rings. The average Bonchev–Trinajstić information content (AvgIpc) is 2.93. The summed E-state index contributed by atoms with van der Waals surface area (Å²) < 4.78 is 1.93. The van der Waals surface area contributed by atoms with Gasteiger partial charge in [-0.1, -0.05) is 18.2 Å². The standard InChI is InChI=1S/C17H20N4OS/c1-2-21-15(13-10-6-7-11-14(13)20-21)18-17(23)19-16(22)12-8-4-3-5-9-12/h3-5,8-9H,2,6-7,10-11H2,1H3,(H2,18,19,22,23).